The van der Waals surface area contributed by atoms with Crippen molar-refractivity contribution < 1.29 is 19.0 Å². The molecule has 0 aromatic heterocycles. The number of hydrogen-bond donors (Lipinski definition) is 1. The van der Waals surface area contributed by atoms with Crippen LogP contribution in [-0.4, -0.2) is 25.4 Å². The van der Waals surface area contributed by atoms with Crippen LogP contribution < -0.4 is 4.74 Å². The van der Waals surface area contributed by atoms with E-state index >= 15 is 0 Å². The van der Waals surface area contributed by atoms with Gasteiger partial charge < -0.3 is 14.6 Å². The summed E-state index contributed by atoms with van der Waals surface area (Å²) in [7, 11) is 1.58. The number of aliphatic hydroxyl groups excluding tert-OH is 1. The van der Waals surface area contributed by atoms with E-state index in [-0.39, 0.29) is 5.02 Å². The number of rotatable bonds is 6. The van der Waals surface area contributed by atoms with E-state index in [2.05, 4.69) is 0 Å². The fourth-order valence-electron chi connectivity index (χ4n) is 1.93. The first-order valence-electron chi connectivity index (χ1n) is 6.47. The van der Waals surface area contributed by atoms with Gasteiger partial charge in [-0.3, -0.25) is 0 Å². The molecule has 1 atom stereocenters. The largest absolute Gasteiger partial charge is 0.491 e. The first-order chi connectivity index (χ1) is 10.1. The Morgan fingerprint density at radius 2 is 1.95 bits per heavy atom. The summed E-state index contributed by atoms with van der Waals surface area (Å²) in [5, 5.41) is 10.4. The summed E-state index contributed by atoms with van der Waals surface area (Å²) in [6.07, 6.45) is -0.990. The molecule has 0 radical (unpaired) electrons. The molecule has 0 spiro atoms. The van der Waals surface area contributed by atoms with Crippen LogP contribution in [0.15, 0.2) is 42.5 Å². The van der Waals surface area contributed by atoms with Crippen LogP contribution in [0.25, 0.3) is 0 Å². The van der Waals surface area contributed by atoms with Crippen molar-refractivity contribution in [1.29, 1.82) is 0 Å². The van der Waals surface area contributed by atoms with Crippen LogP contribution in [0.5, 0.6) is 5.75 Å². The van der Waals surface area contributed by atoms with Crippen LogP contribution >= 0.6 is 11.6 Å². The quantitative estimate of drug-likeness (QED) is 0.829. The number of halogens is 2. The van der Waals surface area contributed by atoms with Crippen LogP contribution in [-0.2, 0) is 4.74 Å². The van der Waals surface area contributed by atoms with Gasteiger partial charge in [-0.2, -0.15) is 0 Å². The smallest absolute Gasteiger partial charge is 0.142 e. The number of ether oxygens (including phenoxy) is 2. The maximum atomic E-state index is 13.5. The van der Waals surface area contributed by atoms with Crippen molar-refractivity contribution in [2.24, 2.45) is 0 Å². The van der Waals surface area contributed by atoms with Gasteiger partial charge in [0.25, 0.3) is 0 Å². The summed E-state index contributed by atoms with van der Waals surface area (Å²) < 4.78 is 24.0. The fourth-order valence-corrected chi connectivity index (χ4v) is 2.05. The summed E-state index contributed by atoms with van der Waals surface area (Å²) >= 11 is 5.65. The Balaban J connectivity index is 2.25. The highest BCUT2D eigenvalue weighted by molar-refractivity contribution is 6.30. The highest BCUT2D eigenvalue weighted by Crippen LogP contribution is 2.31. The molecule has 5 heteroatoms. The lowest BCUT2D eigenvalue weighted by Gasteiger charge is -2.16. The molecular weight excluding hydrogens is 295 g/mol. The van der Waals surface area contributed by atoms with E-state index in [4.69, 9.17) is 21.1 Å². The summed E-state index contributed by atoms with van der Waals surface area (Å²) in [5.74, 6) is -0.0246. The van der Waals surface area contributed by atoms with Crippen LogP contribution in [0, 0.1) is 5.82 Å². The second-order valence-corrected chi connectivity index (χ2v) is 4.86. The van der Waals surface area contributed by atoms with Gasteiger partial charge in [0, 0.05) is 12.7 Å². The molecule has 2 aromatic carbocycles. The van der Waals surface area contributed by atoms with E-state index in [0.29, 0.717) is 30.1 Å². The molecule has 0 heterocycles. The number of aliphatic hydroxyl groups is 1. The second-order valence-electron chi connectivity index (χ2n) is 4.46. The number of para-hydroxylation sites is 1. The molecule has 21 heavy (non-hydrogen) atoms. The van der Waals surface area contributed by atoms with Crippen molar-refractivity contribution in [3.63, 3.8) is 0 Å². The van der Waals surface area contributed by atoms with Gasteiger partial charge in [0.15, 0.2) is 0 Å². The topological polar surface area (TPSA) is 38.7 Å². The van der Waals surface area contributed by atoms with Crippen LogP contribution in [0.2, 0.25) is 5.02 Å². The molecule has 0 saturated carbocycles. The van der Waals surface area contributed by atoms with Crippen molar-refractivity contribution in [2.75, 3.05) is 20.3 Å². The minimum Gasteiger partial charge on any atom is -0.491 e. The van der Waals surface area contributed by atoms with E-state index in [1.807, 2.05) is 0 Å². The standard InChI is InChI=1S/C16H16ClFO3/c1-20-8-9-21-15-5-3-2-4-12(15)16(19)11-6-7-13(17)14(18)10-11/h2-7,10,16,19H,8-9H2,1H3. The molecule has 1 N–H and O–H groups in total. The van der Waals surface area contributed by atoms with Gasteiger partial charge in [-0.15, -0.1) is 0 Å². The molecule has 0 saturated heterocycles. The van der Waals surface area contributed by atoms with Crippen molar-refractivity contribution in [3.05, 3.63) is 64.4 Å². The lowest BCUT2D eigenvalue weighted by Crippen LogP contribution is -2.08. The van der Waals surface area contributed by atoms with Gasteiger partial charge in [-0.1, -0.05) is 35.9 Å². The van der Waals surface area contributed by atoms with Gasteiger partial charge >= 0.3 is 0 Å². The third-order valence-electron chi connectivity index (χ3n) is 3.02. The molecular formula is C16H16ClFO3. The molecule has 2 aromatic rings. The summed E-state index contributed by atoms with van der Waals surface area (Å²) in [4.78, 5) is 0. The van der Waals surface area contributed by atoms with Gasteiger partial charge in [0.05, 0.1) is 11.6 Å². The van der Waals surface area contributed by atoms with Crippen molar-refractivity contribution >= 4 is 11.6 Å². The predicted octanol–water partition coefficient (Wildman–Crippen LogP) is 3.59. The zero-order valence-corrected chi connectivity index (χ0v) is 12.3. The minimum atomic E-state index is -0.990. The molecule has 0 aliphatic rings. The molecule has 2 rings (SSSR count). The summed E-state index contributed by atoms with van der Waals surface area (Å²) in [5.41, 5.74) is 0.981. The van der Waals surface area contributed by atoms with E-state index < -0.39 is 11.9 Å². The van der Waals surface area contributed by atoms with E-state index in [0.717, 1.165) is 0 Å². The molecule has 0 aliphatic carbocycles. The highest BCUT2D eigenvalue weighted by Gasteiger charge is 2.16. The van der Waals surface area contributed by atoms with Crippen molar-refractivity contribution in [1.82, 2.24) is 0 Å². The van der Waals surface area contributed by atoms with Gasteiger partial charge in [0.2, 0.25) is 0 Å². The number of benzene rings is 2. The average molecular weight is 311 g/mol. The maximum absolute atomic E-state index is 13.5. The molecule has 0 aliphatic heterocycles. The maximum Gasteiger partial charge on any atom is 0.142 e. The van der Waals surface area contributed by atoms with Gasteiger partial charge in [-0.05, 0) is 23.8 Å². The van der Waals surface area contributed by atoms with Gasteiger partial charge in [0.1, 0.15) is 24.3 Å². The molecule has 0 amide bonds. The molecule has 0 fully saturated rings. The van der Waals surface area contributed by atoms with Crippen LogP contribution in [0.1, 0.15) is 17.2 Å². The normalized spacial score (nSPS) is 12.2. The van der Waals surface area contributed by atoms with Crippen LogP contribution in [0.3, 0.4) is 0 Å². The van der Waals surface area contributed by atoms with Crippen LogP contribution in [0.4, 0.5) is 4.39 Å². The Hall–Kier alpha value is -1.62. The van der Waals surface area contributed by atoms with E-state index in [9.17, 15) is 9.50 Å². The number of hydrogen-bond acceptors (Lipinski definition) is 3. The molecule has 3 nitrogen and oxygen atoms in total. The Morgan fingerprint density at radius 3 is 2.67 bits per heavy atom. The van der Waals surface area contributed by atoms with E-state index in [1.54, 1.807) is 37.4 Å². The Morgan fingerprint density at radius 1 is 1.19 bits per heavy atom. The summed E-state index contributed by atoms with van der Waals surface area (Å²) in [6, 6.07) is 11.3. The lowest BCUT2D eigenvalue weighted by atomic mass is 10.0. The predicted molar refractivity (Wildman–Crippen MR) is 79.3 cm³/mol. The lowest BCUT2D eigenvalue weighted by molar-refractivity contribution is 0.142. The third kappa shape index (κ3) is 3.94. The molecule has 1 unspecified atom stereocenters. The molecule has 0 bridgehead atoms. The SMILES string of the molecule is COCCOc1ccccc1C(O)c1ccc(Cl)c(F)c1. The zero-order valence-electron chi connectivity index (χ0n) is 11.6. The third-order valence-corrected chi connectivity index (χ3v) is 3.32. The Kier molecular flexibility index (Phi) is 5.56. The zero-order chi connectivity index (χ0) is 15.2. The Labute approximate surface area is 127 Å². The minimum absolute atomic E-state index is 0.0237. The van der Waals surface area contributed by atoms with Gasteiger partial charge in [-0.25, -0.2) is 4.39 Å². The van der Waals surface area contributed by atoms with E-state index in [1.165, 1.54) is 12.1 Å². The monoisotopic (exact) mass is 310 g/mol. The fraction of sp³-hybridized carbons (Fsp3) is 0.250. The van der Waals surface area contributed by atoms with Crippen molar-refractivity contribution in [2.45, 2.75) is 6.10 Å². The summed E-state index contributed by atoms with van der Waals surface area (Å²) in [6.45, 7) is 0.815. The number of methoxy groups -OCH3 is 1. The molecule has 112 valence electrons. The average Bonchev–Trinajstić information content (AvgIpc) is 2.50. The van der Waals surface area contributed by atoms with Crippen molar-refractivity contribution in [3.8, 4) is 5.75 Å². The first-order valence-corrected chi connectivity index (χ1v) is 6.85. The highest BCUT2D eigenvalue weighted by atomic mass is 35.5. The Bertz CT molecular complexity index is 604. The second kappa shape index (κ2) is 7.41. The first kappa shape index (κ1) is 15.8.